The van der Waals surface area contributed by atoms with Crippen LogP contribution >= 0.6 is 11.6 Å². The molecule has 0 N–H and O–H groups in total. The summed E-state index contributed by atoms with van der Waals surface area (Å²) in [6.45, 7) is 0.328. The number of carbonyl (C=O) groups is 2. The number of piperazine rings is 1. The van der Waals surface area contributed by atoms with Gasteiger partial charge in [-0.15, -0.1) is 0 Å². The van der Waals surface area contributed by atoms with Crippen molar-refractivity contribution in [3.8, 4) is 0 Å². The standard InChI is InChI=1S/C18H18ClN3O5S/c19-14-4-6-15(7-5-14)28(25,26)22-11-9-21(10-12-22)17(23)13-27-18(24)16-3-1-2-8-20-16/h1-8H,9-13H2. The first kappa shape index (κ1) is 20.2. The van der Waals surface area contributed by atoms with Gasteiger partial charge in [0.2, 0.25) is 10.0 Å². The molecule has 1 aliphatic rings. The number of rotatable bonds is 5. The van der Waals surface area contributed by atoms with Crippen LogP contribution < -0.4 is 0 Å². The molecular weight excluding hydrogens is 406 g/mol. The Balaban J connectivity index is 1.52. The lowest BCUT2D eigenvalue weighted by Crippen LogP contribution is -2.51. The molecule has 148 valence electrons. The molecule has 1 aliphatic heterocycles. The summed E-state index contributed by atoms with van der Waals surface area (Å²) in [5.41, 5.74) is 0.120. The molecule has 0 spiro atoms. The number of amides is 1. The van der Waals surface area contributed by atoms with Gasteiger partial charge in [0.15, 0.2) is 6.61 Å². The summed E-state index contributed by atoms with van der Waals surface area (Å²) < 4.78 is 31.6. The molecule has 0 bridgehead atoms. The molecule has 0 atom stereocenters. The second kappa shape index (κ2) is 8.68. The summed E-state index contributed by atoms with van der Waals surface area (Å²) >= 11 is 5.80. The van der Waals surface area contributed by atoms with Gasteiger partial charge in [-0.3, -0.25) is 4.79 Å². The zero-order chi connectivity index (χ0) is 20.1. The van der Waals surface area contributed by atoms with Crippen LogP contribution in [0, 0.1) is 0 Å². The highest BCUT2D eigenvalue weighted by atomic mass is 35.5. The number of sulfonamides is 1. The van der Waals surface area contributed by atoms with E-state index in [1.165, 1.54) is 45.7 Å². The van der Waals surface area contributed by atoms with Gasteiger partial charge >= 0.3 is 5.97 Å². The van der Waals surface area contributed by atoms with E-state index in [2.05, 4.69) is 4.98 Å². The third kappa shape index (κ3) is 4.67. The van der Waals surface area contributed by atoms with Gasteiger partial charge in [-0.1, -0.05) is 17.7 Å². The lowest BCUT2D eigenvalue weighted by molar-refractivity contribution is -0.135. The van der Waals surface area contributed by atoms with Crippen molar-refractivity contribution in [1.82, 2.24) is 14.2 Å². The smallest absolute Gasteiger partial charge is 0.357 e. The van der Waals surface area contributed by atoms with Gasteiger partial charge in [0.1, 0.15) is 5.69 Å². The number of benzene rings is 1. The number of carbonyl (C=O) groups excluding carboxylic acids is 2. The first-order valence-corrected chi connectivity index (χ1v) is 10.3. The number of pyridine rings is 1. The molecule has 1 aromatic heterocycles. The Hall–Kier alpha value is -2.49. The monoisotopic (exact) mass is 423 g/mol. The SMILES string of the molecule is O=C(OCC(=O)N1CCN(S(=O)(=O)c2ccc(Cl)cc2)CC1)c1ccccn1. The van der Waals surface area contributed by atoms with Gasteiger partial charge in [-0.2, -0.15) is 4.31 Å². The third-order valence-electron chi connectivity index (χ3n) is 4.24. The number of hydrogen-bond donors (Lipinski definition) is 0. The highest BCUT2D eigenvalue weighted by molar-refractivity contribution is 7.89. The molecule has 10 heteroatoms. The fourth-order valence-electron chi connectivity index (χ4n) is 2.71. The number of hydrogen-bond acceptors (Lipinski definition) is 6. The minimum Gasteiger partial charge on any atom is -0.451 e. The van der Waals surface area contributed by atoms with Crippen molar-refractivity contribution >= 4 is 33.5 Å². The van der Waals surface area contributed by atoms with Gasteiger partial charge in [0.05, 0.1) is 4.90 Å². The van der Waals surface area contributed by atoms with Crippen LogP contribution in [-0.4, -0.2) is 67.3 Å². The summed E-state index contributed by atoms with van der Waals surface area (Å²) in [5, 5.41) is 0.453. The molecular formula is C18H18ClN3O5S. The zero-order valence-corrected chi connectivity index (χ0v) is 16.4. The normalized spacial score (nSPS) is 15.2. The van der Waals surface area contributed by atoms with Gasteiger partial charge in [0.25, 0.3) is 5.91 Å². The minimum atomic E-state index is -3.65. The lowest BCUT2D eigenvalue weighted by atomic mass is 10.3. The molecule has 2 aromatic rings. The van der Waals surface area contributed by atoms with Crippen LogP contribution in [-0.2, 0) is 19.6 Å². The molecule has 28 heavy (non-hydrogen) atoms. The molecule has 0 saturated carbocycles. The van der Waals surface area contributed by atoms with E-state index < -0.39 is 22.6 Å². The van der Waals surface area contributed by atoms with Crippen LogP contribution in [0.3, 0.4) is 0 Å². The molecule has 1 aromatic carbocycles. The first-order valence-electron chi connectivity index (χ1n) is 8.49. The molecule has 0 unspecified atom stereocenters. The highest BCUT2D eigenvalue weighted by Gasteiger charge is 2.30. The van der Waals surface area contributed by atoms with Gasteiger partial charge in [-0.25, -0.2) is 18.2 Å². The van der Waals surface area contributed by atoms with Crippen LogP contribution in [0.15, 0.2) is 53.6 Å². The third-order valence-corrected chi connectivity index (χ3v) is 6.41. The van der Waals surface area contributed by atoms with Gasteiger partial charge in [0, 0.05) is 37.4 Å². The number of esters is 1. The number of ether oxygens (including phenoxy) is 1. The minimum absolute atomic E-state index is 0.120. The number of aromatic nitrogens is 1. The topological polar surface area (TPSA) is 96.9 Å². The van der Waals surface area contributed by atoms with E-state index in [4.69, 9.17) is 16.3 Å². The van der Waals surface area contributed by atoms with E-state index >= 15 is 0 Å². The summed E-state index contributed by atoms with van der Waals surface area (Å²) in [6, 6.07) is 10.7. The Morgan fingerprint density at radius 1 is 1.04 bits per heavy atom. The van der Waals surface area contributed by atoms with Crippen molar-refractivity contribution < 1.29 is 22.7 Å². The summed E-state index contributed by atoms with van der Waals surface area (Å²) in [7, 11) is -3.65. The first-order chi connectivity index (χ1) is 13.4. The van der Waals surface area contributed by atoms with Crippen molar-refractivity contribution in [2.45, 2.75) is 4.90 Å². The van der Waals surface area contributed by atoms with E-state index in [0.29, 0.717) is 5.02 Å². The van der Waals surface area contributed by atoms with Gasteiger partial charge in [-0.05, 0) is 36.4 Å². The summed E-state index contributed by atoms with van der Waals surface area (Å²) in [5.74, 6) is -1.06. The molecule has 8 nitrogen and oxygen atoms in total. The Morgan fingerprint density at radius 2 is 1.71 bits per heavy atom. The number of nitrogens with zero attached hydrogens (tertiary/aromatic N) is 3. The maximum absolute atomic E-state index is 12.7. The molecule has 1 saturated heterocycles. The van der Waals surface area contributed by atoms with Crippen molar-refractivity contribution in [3.63, 3.8) is 0 Å². The Morgan fingerprint density at radius 3 is 2.32 bits per heavy atom. The largest absolute Gasteiger partial charge is 0.451 e. The van der Waals surface area contributed by atoms with E-state index in [1.807, 2.05) is 0 Å². The van der Waals surface area contributed by atoms with Crippen LogP contribution in [0.25, 0.3) is 0 Å². The van der Waals surface area contributed by atoms with E-state index in [0.717, 1.165) is 0 Å². The fraction of sp³-hybridized carbons (Fsp3) is 0.278. The summed E-state index contributed by atoms with van der Waals surface area (Å²) in [6.07, 6.45) is 1.46. The van der Waals surface area contributed by atoms with Crippen molar-refractivity contribution in [2.24, 2.45) is 0 Å². The molecule has 3 rings (SSSR count). The molecule has 0 radical (unpaired) electrons. The highest BCUT2D eigenvalue weighted by Crippen LogP contribution is 2.20. The van der Waals surface area contributed by atoms with Crippen molar-refractivity contribution in [3.05, 3.63) is 59.4 Å². The average molecular weight is 424 g/mol. The maximum atomic E-state index is 12.7. The van der Waals surface area contributed by atoms with Crippen LogP contribution in [0.2, 0.25) is 5.02 Å². The molecule has 1 amide bonds. The predicted octanol–water partition coefficient (Wildman–Crippen LogP) is 1.42. The van der Waals surface area contributed by atoms with E-state index in [9.17, 15) is 18.0 Å². The second-order valence-corrected chi connectivity index (χ2v) is 8.40. The second-order valence-electron chi connectivity index (χ2n) is 6.03. The zero-order valence-electron chi connectivity index (χ0n) is 14.8. The van der Waals surface area contributed by atoms with E-state index in [1.54, 1.807) is 12.1 Å². The Kier molecular flexibility index (Phi) is 6.28. The van der Waals surface area contributed by atoms with Crippen molar-refractivity contribution in [2.75, 3.05) is 32.8 Å². The Labute approximate surface area is 167 Å². The lowest BCUT2D eigenvalue weighted by Gasteiger charge is -2.33. The average Bonchev–Trinajstić information content (AvgIpc) is 2.73. The fourth-order valence-corrected chi connectivity index (χ4v) is 4.26. The Bertz CT molecular complexity index is 943. The van der Waals surface area contributed by atoms with Crippen LogP contribution in [0.5, 0.6) is 0 Å². The molecule has 0 aliphatic carbocycles. The predicted molar refractivity (Wildman–Crippen MR) is 101 cm³/mol. The molecule has 1 fully saturated rings. The maximum Gasteiger partial charge on any atom is 0.357 e. The van der Waals surface area contributed by atoms with Crippen LogP contribution in [0.1, 0.15) is 10.5 Å². The van der Waals surface area contributed by atoms with Crippen molar-refractivity contribution in [1.29, 1.82) is 0 Å². The van der Waals surface area contributed by atoms with Crippen LogP contribution in [0.4, 0.5) is 0 Å². The summed E-state index contributed by atoms with van der Waals surface area (Å²) in [4.78, 5) is 29.6. The molecule has 2 heterocycles. The van der Waals surface area contributed by atoms with Gasteiger partial charge < -0.3 is 9.64 Å². The quantitative estimate of drug-likeness (QED) is 0.675. The van der Waals surface area contributed by atoms with E-state index in [-0.39, 0.29) is 42.7 Å². The number of halogens is 1.